The standard InChI is InChI=1S/C8H9FN4O4.CH4/c1-10-5(14)2-11-7(16)13-3-4(9)6(15)12-8(13)17;/h3H,2H2,1H3,(H,10,14)(H,11,16)(H,12,15,17);1H4. The first-order valence-corrected chi connectivity index (χ1v) is 4.46. The van der Waals surface area contributed by atoms with Gasteiger partial charge in [-0.05, 0) is 0 Å². The third-order valence-corrected chi connectivity index (χ3v) is 1.80. The summed E-state index contributed by atoms with van der Waals surface area (Å²) >= 11 is 0. The Morgan fingerprint density at radius 2 is 2.06 bits per heavy atom. The van der Waals surface area contributed by atoms with Crippen molar-refractivity contribution in [1.29, 1.82) is 0 Å². The molecule has 1 aromatic heterocycles. The fourth-order valence-electron chi connectivity index (χ4n) is 0.928. The number of hydrogen-bond acceptors (Lipinski definition) is 4. The molecule has 0 fully saturated rings. The van der Waals surface area contributed by atoms with Crippen molar-refractivity contribution in [2.75, 3.05) is 13.6 Å². The van der Waals surface area contributed by atoms with Crippen LogP contribution in [0, 0.1) is 5.82 Å². The van der Waals surface area contributed by atoms with Gasteiger partial charge in [-0.15, -0.1) is 0 Å². The van der Waals surface area contributed by atoms with Crippen molar-refractivity contribution < 1.29 is 14.0 Å². The molecule has 0 spiro atoms. The molecule has 0 unspecified atom stereocenters. The number of carbonyl (C=O) groups is 2. The number of rotatable bonds is 2. The van der Waals surface area contributed by atoms with Gasteiger partial charge in [0.25, 0.3) is 5.56 Å². The lowest BCUT2D eigenvalue weighted by atomic mass is 10.5. The molecule has 0 aliphatic rings. The van der Waals surface area contributed by atoms with Gasteiger partial charge in [0.05, 0.1) is 12.7 Å². The van der Waals surface area contributed by atoms with Crippen molar-refractivity contribution in [2.45, 2.75) is 7.43 Å². The lowest BCUT2D eigenvalue weighted by Gasteiger charge is -2.05. The van der Waals surface area contributed by atoms with Crippen LogP contribution in [0.5, 0.6) is 0 Å². The molecule has 0 saturated carbocycles. The predicted octanol–water partition coefficient (Wildman–Crippen LogP) is -1.38. The third-order valence-electron chi connectivity index (χ3n) is 1.80. The minimum absolute atomic E-state index is 0. The van der Waals surface area contributed by atoms with E-state index in [1.807, 2.05) is 0 Å². The summed E-state index contributed by atoms with van der Waals surface area (Å²) in [7, 11) is 1.36. The molecule has 8 nitrogen and oxygen atoms in total. The first kappa shape index (κ1) is 15.6. The molecule has 0 radical (unpaired) electrons. The summed E-state index contributed by atoms with van der Waals surface area (Å²) in [6, 6.07) is -1.02. The zero-order chi connectivity index (χ0) is 13.0. The second kappa shape index (κ2) is 6.33. The summed E-state index contributed by atoms with van der Waals surface area (Å²) < 4.78 is 13.1. The van der Waals surface area contributed by atoms with E-state index in [2.05, 4.69) is 10.6 Å². The van der Waals surface area contributed by atoms with Gasteiger partial charge in [-0.3, -0.25) is 14.6 Å². The molecule has 3 N–H and O–H groups in total. The Kier molecular flexibility index (Phi) is 5.46. The highest BCUT2D eigenvalue weighted by Crippen LogP contribution is 1.83. The summed E-state index contributed by atoms with van der Waals surface area (Å²) in [5.41, 5.74) is -2.31. The molecule has 1 heterocycles. The molecule has 1 rings (SSSR count). The first-order valence-electron chi connectivity index (χ1n) is 4.46. The summed E-state index contributed by atoms with van der Waals surface area (Å²) in [6.45, 7) is -0.373. The molecule has 9 heteroatoms. The summed E-state index contributed by atoms with van der Waals surface area (Å²) in [6.07, 6.45) is 0.445. The molecule has 0 saturated heterocycles. The molecule has 0 bridgehead atoms. The second-order valence-corrected chi connectivity index (χ2v) is 2.94. The van der Waals surface area contributed by atoms with E-state index in [-0.39, 0.29) is 14.0 Å². The molecule has 100 valence electrons. The van der Waals surface area contributed by atoms with Gasteiger partial charge in [-0.1, -0.05) is 7.43 Å². The van der Waals surface area contributed by atoms with Crippen molar-refractivity contribution in [2.24, 2.45) is 0 Å². The highest BCUT2D eigenvalue weighted by Gasteiger charge is 2.11. The molecular formula is C9H13FN4O4. The zero-order valence-electron chi connectivity index (χ0n) is 8.74. The van der Waals surface area contributed by atoms with Crippen molar-refractivity contribution in [1.82, 2.24) is 20.2 Å². The van der Waals surface area contributed by atoms with Crippen LogP contribution >= 0.6 is 0 Å². The average molecular weight is 260 g/mol. The van der Waals surface area contributed by atoms with Crippen LogP contribution in [-0.2, 0) is 4.79 Å². The van der Waals surface area contributed by atoms with Crippen LogP contribution in [-0.4, -0.2) is 35.1 Å². The van der Waals surface area contributed by atoms with Crippen LogP contribution < -0.4 is 21.9 Å². The van der Waals surface area contributed by atoms with Crippen LogP contribution in [0.3, 0.4) is 0 Å². The number of hydrogen-bond donors (Lipinski definition) is 3. The topological polar surface area (TPSA) is 113 Å². The van der Waals surface area contributed by atoms with Crippen LogP contribution in [0.25, 0.3) is 0 Å². The molecule has 18 heavy (non-hydrogen) atoms. The van der Waals surface area contributed by atoms with Gasteiger partial charge in [0, 0.05) is 7.05 Å². The molecule has 0 aliphatic carbocycles. The highest BCUT2D eigenvalue weighted by molar-refractivity contribution is 5.84. The zero-order valence-corrected chi connectivity index (χ0v) is 8.74. The Morgan fingerprint density at radius 3 is 2.61 bits per heavy atom. The normalized spacial score (nSPS) is 9.22. The number of carbonyl (C=O) groups excluding carboxylic acids is 2. The number of aromatic amines is 1. The predicted molar refractivity (Wildman–Crippen MR) is 60.9 cm³/mol. The number of amides is 2. The quantitative estimate of drug-likeness (QED) is 0.607. The SMILES string of the molecule is C.CNC(=O)CNC(=O)n1cc(F)c(=O)[nH]c1=O. The summed E-state index contributed by atoms with van der Waals surface area (Å²) in [5, 5.41) is 4.29. The average Bonchev–Trinajstić information content (AvgIpc) is 2.30. The van der Waals surface area contributed by atoms with Gasteiger partial charge in [0.15, 0.2) is 0 Å². The van der Waals surface area contributed by atoms with Crippen LogP contribution in [0.2, 0.25) is 0 Å². The minimum atomic E-state index is -1.28. The van der Waals surface area contributed by atoms with Crippen molar-refractivity contribution in [3.05, 3.63) is 32.9 Å². The van der Waals surface area contributed by atoms with Crippen molar-refractivity contribution in [3.8, 4) is 0 Å². The Balaban J connectivity index is 0.00000289. The van der Waals surface area contributed by atoms with E-state index in [1.165, 1.54) is 7.05 Å². The molecule has 2 amide bonds. The van der Waals surface area contributed by atoms with E-state index in [0.29, 0.717) is 10.8 Å². The maximum atomic E-state index is 12.8. The Labute approximate surface area is 101 Å². The Bertz CT molecular complexity index is 562. The first-order chi connectivity index (χ1) is 7.95. The molecular weight excluding hydrogens is 247 g/mol. The van der Waals surface area contributed by atoms with Crippen molar-refractivity contribution in [3.63, 3.8) is 0 Å². The van der Waals surface area contributed by atoms with E-state index in [0.717, 1.165) is 0 Å². The fourth-order valence-corrected chi connectivity index (χ4v) is 0.928. The lowest BCUT2D eigenvalue weighted by Crippen LogP contribution is -2.43. The van der Waals surface area contributed by atoms with E-state index in [9.17, 15) is 23.6 Å². The summed E-state index contributed by atoms with van der Waals surface area (Å²) in [4.78, 5) is 45.6. The highest BCUT2D eigenvalue weighted by atomic mass is 19.1. The smallest absolute Gasteiger partial charge is 0.336 e. The number of halogens is 1. The van der Waals surface area contributed by atoms with Gasteiger partial charge in [-0.25, -0.2) is 14.2 Å². The Morgan fingerprint density at radius 1 is 1.44 bits per heavy atom. The third kappa shape index (κ3) is 3.54. The molecule has 0 atom stereocenters. The largest absolute Gasteiger partial charge is 0.358 e. The van der Waals surface area contributed by atoms with Crippen LogP contribution in [0.4, 0.5) is 9.18 Å². The number of aromatic nitrogens is 2. The van der Waals surface area contributed by atoms with E-state index < -0.39 is 29.0 Å². The molecule has 0 aromatic carbocycles. The lowest BCUT2D eigenvalue weighted by molar-refractivity contribution is -0.119. The van der Waals surface area contributed by atoms with Gasteiger partial charge in [-0.2, -0.15) is 4.39 Å². The van der Waals surface area contributed by atoms with E-state index in [1.54, 1.807) is 4.98 Å². The minimum Gasteiger partial charge on any atom is -0.358 e. The fraction of sp³-hybridized carbons (Fsp3) is 0.333. The summed E-state index contributed by atoms with van der Waals surface area (Å²) in [5.74, 6) is -1.77. The number of nitrogens with zero attached hydrogens (tertiary/aromatic N) is 1. The van der Waals surface area contributed by atoms with E-state index in [4.69, 9.17) is 0 Å². The van der Waals surface area contributed by atoms with Gasteiger partial charge < -0.3 is 10.6 Å². The monoisotopic (exact) mass is 260 g/mol. The van der Waals surface area contributed by atoms with Gasteiger partial charge in [0.2, 0.25) is 11.7 Å². The van der Waals surface area contributed by atoms with Crippen molar-refractivity contribution >= 4 is 11.9 Å². The Hall–Kier alpha value is -2.45. The van der Waals surface area contributed by atoms with Gasteiger partial charge >= 0.3 is 11.7 Å². The molecule has 1 aromatic rings. The molecule has 0 aliphatic heterocycles. The number of nitrogens with one attached hydrogen (secondary N) is 3. The van der Waals surface area contributed by atoms with Crippen LogP contribution in [0.1, 0.15) is 7.43 Å². The number of likely N-dealkylation sites (N-methyl/N-ethyl adjacent to an activating group) is 1. The number of H-pyrrole nitrogens is 1. The maximum absolute atomic E-state index is 12.8. The maximum Gasteiger partial charge on any atom is 0.336 e. The second-order valence-electron chi connectivity index (χ2n) is 2.94. The van der Waals surface area contributed by atoms with Crippen LogP contribution in [0.15, 0.2) is 15.8 Å². The van der Waals surface area contributed by atoms with E-state index >= 15 is 0 Å². The van der Waals surface area contributed by atoms with Gasteiger partial charge in [0.1, 0.15) is 0 Å².